The van der Waals surface area contributed by atoms with E-state index in [1.165, 1.54) is 0 Å². The van der Waals surface area contributed by atoms with Crippen LogP contribution in [0.3, 0.4) is 0 Å². The molecule has 0 amide bonds. The summed E-state index contributed by atoms with van der Waals surface area (Å²) in [5, 5.41) is 7.22. The first-order valence-corrected chi connectivity index (χ1v) is 8.72. The number of guanidine groups is 1. The van der Waals surface area contributed by atoms with Gasteiger partial charge in [-0.2, -0.15) is 0 Å². The molecule has 1 unspecified atom stereocenters. The fourth-order valence-corrected chi connectivity index (χ4v) is 2.60. The molecule has 25 heavy (non-hydrogen) atoms. The topological polar surface area (TPSA) is 58.1 Å². The third-order valence-corrected chi connectivity index (χ3v) is 4.08. The third kappa shape index (κ3) is 8.44. The number of nitrogens with zero attached hydrogens (tertiary/aromatic N) is 2. The Kier molecular flexibility index (Phi) is 11.2. The molecule has 1 heterocycles. The molecule has 0 bridgehead atoms. The number of morpholine rings is 1. The van der Waals surface area contributed by atoms with E-state index in [1.54, 1.807) is 7.05 Å². The SMILES string of the molecule is CN=C(NCCN1CCOCC1)NCC(C)Oc1ccccc1Cl.I. The summed E-state index contributed by atoms with van der Waals surface area (Å²) >= 11 is 6.11. The zero-order valence-electron chi connectivity index (χ0n) is 14.8. The predicted octanol–water partition coefficient (Wildman–Crippen LogP) is 2.22. The number of para-hydroxylation sites is 1. The molecule has 2 N–H and O–H groups in total. The molecule has 0 aromatic heterocycles. The van der Waals surface area contributed by atoms with Gasteiger partial charge in [0.05, 0.1) is 24.8 Å². The Bertz CT molecular complexity index is 527. The van der Waals surface area contributed by atoms with E-state index in [1.807, 2.05) is 31.2 Å². The van der Waals surface area contributed by atoms with E-state index in [0.717, 1.165) is 45.4 Å². The van der Waals surface area contributed by atoms with E-state index in [-0.39, 0.29) is 30.1 Å². The lowest BCUT2D eigenvalue weighted by atomic mass is 10.3. The van der Waals surface area contributed by atoms with E-state index >= 15 is 0 Å². The zero-order valence-corrected chi connectivity index (χ0v) is 17.9. The second-order valence-corrected chi connectivity index (χ2v) is 6.10. The summed E-state index contributed by atoms with van der Waals surface area (Å²) in [6.07, 6.45) is -0.0253. The number of hydrogen-bond donors (Lipinski definition) is 2. The number of halogens is 2. The molecular formula is C17H28ClIN4O2. The lowest BCUT2D eigenvalue weighted by Crippen LogP contribution is -2.46. The maximum atomic E-state index is 6.11. The highest BCUT2D eigenvalue weighted by atomic mass is 127. The van der Waals surface area contributed by atoms with Crippen LogP contribution >= 0.6 is 35.6 Å². The van der Waals surface area contributed by atoms with E-state index in [2.05, 4.69) is 20.5 Å². The molecule has 1 aliphatic heterocycles. The van der Waals surface area contributed by atoms with Gasteiger partial charge in [0, 0.05) is 33.2 Å². The molecular weight excluding hydrogens is 455 g/mol. The van der Waals surface area contributed by atoms with E-state index in [0.29, 0.717) is 17.3 Å². The lowest BCUT2D eigenvalue weighted by Gasteiger charge is -2.26. The van der Waals surface area contributed by atoms with E-state index in [4.69, 9.17) is 21.1 Å². The van der Waals surface area contributed by atoms with Crippen LogP contribution in [0.25, 0.3) is 0 Å². The van der Waals surface area contributed by atoms with Crippen LogP contribution in [-0.2, 0) is 4.74 Å². The Morgan fingerprint density at radius 1 is 1.32 bits per heavy atom. The summed E-state index contributed by atoms with van der Waals surface area (Å²) in [5.41, 5.74) is 0. The van der Waals surface area contributed by atoms with Gasteiger partial charge in [0.2, 0.25) is 0 Å². The van der Waals surface area contributed by atoms with Crippen LogP contribution in [0.4, 0.5) is 0 Å². The summed E-state index contributed by atoms with van der Waals surface area (Å²) in [7, 11) is 1.77. The van der Waals surface area contributed by atoms with Gasteiger partial charge in [-0.25, -0.2) is 0 Å². The highest BCUT2D eigenvalue weighted by Crippen LogP contribution is 2.23. The largest absolute Gasteiger partial charge is 0.487 e. The van der Waals surface area contributed by atoms with Crippen LogP contribution in [0.1, 0.15) is 6.92 Å². The Balaban J connectivity index is 0.00000312. The summed E-state index contributed by atoms with van der Waals surface area (Å²) in [5.74, 6) is 1.47. The first kappa shape index (κ1) is 22.3. The molecule has 2 rings (SSSR count). The van der Waals surface area contributed by atoms with Crippen molar-refractivity contribution in [2.75, 3.05) is 53.0 Å². The molecule has 1 fully saturated rings. The maximum absolute atomic E-state index is 6.11. The second kappa shape index (κ2) is 12.6. The van der Waals surface area contributed by atoms with Crippen molar-refractivity contribution in [1.82, 2.24) is 15.5 Å². The minimum atomic E-state index is -0.0253. The summed E-state index contributed by atoms with van der Waals surface area (Å²) in [6.45, 7) is 8.11. The minimum absolute atomic E-state index is 0. The molecule has 0 aliphatic carbocycles. The van der Waals surface area contributed by atoms with Gasteiger partial charge in [0.1, 0.15) is 11.9 Å². The fourth-order valence-electron chi connectivity index (χ4n) is 2.42. The molecule has 1 aromatic rings. The van der Waals surface area contributed by atoms with Crippen LogP contribution in [0.2, 0.25) is 5.02 Å². The van der Waals surface area contributed by atoms with Crippen molar-refractivity contribution in [3.05, 3.63) is 29.3 Å². The number of hydrogen-bond acceptors (Lipinski definition) is 4. The van der Waals surface area contributed by atoms with Crippen LogP contribution < -0.4 is 15.4 Å². The van der Waals surface area contributed by atoms with Crippen LogP contribution in [-0.4, -0.2) is 69.9 Å². The minimum Gasteiger partial charge on any atom is -0.487 e. The molecule has 0 saturated carbocycles. The Labute approximate surface area is 172 Å². The molecule has 0 spiro atoms. The summed E-state index contributed by atoms with van der Waals surface area (Å²) in [4.78, 5) is 6.62. The Morgan fingerprint density at radius 3 is 2.72 bits per heavy atom. The molecule has 6 nitrogen and oxygen atoms in total. The number of nitrogens with one attached hydrogen (secondary N) is 2. The van der Waals surface area contributed by atoms with E-state index < -0.39 is 0 Å². The van der Waals surface area contributed by atoms with Crippen molar-refractivity contribution in [2.24, 2.45) is 4.99 Å². The van der Waals surface area contributed by atoms with Gasteiger partial charge < -0.3 is 20.1 Å². The van der Waals surface area contributed by atoms with Crippen LogP contribution in [0.15, 0.2) is 29.3 Å². The molecule has 1 aromatic carbocycles. The van der Waals surface area contributed by atoms with Crippen molar-refractivity contribution in [3.63, 3.8) is 0 Å². The second-order valence-electron chi connectivity index (χ2n) is 5.69. The normalized spacial score (nSPS) is 16.7. The lowest BCUT2D eigenvalue weighted by molar-refractivity contribution is 0.0389. The predicted molar refractivity (Wildman–Crippen MR) is 114 cm³/mol. The van der Waals surface area contributed by atoms with Gasteiger partial charge in [-0.05, 0) is 19.1 Å². The summed E-state index contributed by atoms with van der Waals surface area (Å²) in [6, 6.07) is 7.49. The average Bonchev–Trinajstić information content (AvgIpc) is 2.61. The van der Waals surface area contributed by atoms with Crippen molar-refractivity contribution < 1.29 is 9.47 Å². The average molecular weight is 483 g/mol. The van der Waals surface area contributed by atoms with Gasteiger partial charge >= 0.3 is 0 Å². The number of ether oxygens (including phenoxy) is 2. The van der Waals surface area contributed by atoms with Gasteiger partial charge in [-0.1, -0.05) is 23.7 Å². The number of aliphatic imine (C=N–C) groups is 1. The zero-order chi connectivity index (χ0) is 17.2. The Hall–Kier alpha value is -0.770. The monoisotopic (exact) mass is 482 g/mol. The first-order valence-electron chi connectivity index (χ1n) is 8.35. The third-order valence-electron chi connectivity index (χ3n) is 3.77. The number of benzene rings is 1. The molecule has 1 atom stereocenters. The van der Waals surface area contributed by atoms with E-state index in [9.17, 15) is 0 Å². The Morgan fingerprint density at radius 2 is 2.04 bits per heavy atom. The quantitative estimate of drug-likeness (QED) is 0.355. The van der Waals surface area contributed by atoms with Crippen LogP contribution in [0.5, 0.6) is 5.75 Å². The van der Waals surface area contributed by atoms with Gasteiger partial charge in [-0.15, -0.1) is 24.0 Å². The fraction of sp³-hybridized carbons (Fsp3) is 0.588. The molecule has 8 heteroatoms. The van der Waals surface area contributed by atoms with Gasteiger partial charge in [-0.3, -0.25) is 9.89 Å². The van der Waals surface area contributed by atoms with Crippen molar-refractivity contribution in [3.8, 4) is 5.75 Å². The highest BCUT2D eigenvalue weighted by Gasteiger charge is 2.10. The first-order chi connectivity index (χ1) is 11.7. The molecule has 0 radical (unpaired) electrons. The number of rotatable bonds is 7. The maximum Gasteiger partial charge on any atom is 0.191 e. The van der Waals surface area contributed by atoms with Gasteiger partial charge in [0.15, 0.2) is 5.96 Å². The highest BCUT2D eigenvalue weighted by molar-refractivity contribution is 14.0. The smallest absolute Gasteiger partial charge is 0.191 e. The van der Waals surface area contributed by atoms with Crippen molar-refractivity contribution >= 4 is 41.5 Å². The van der Waals surface area contributed by atoms with Crippen molar-refractivity contribution in [2.45, 2.75) is 13.0 Å². The van der Waals surface area contributed by atoms with Gasteiger partial charge in [0.25, 0.3) is 0 Å². The molecule has 1 saturated heterocycles. The summed E-state index contributed by atoms with van der Waals surface area (Å²) < 4.78 is 11.2. The molecule has 142 valence electrons. The standard InChI is InChI=1S/C17H27ClN4O2.HI/c1-14(24-16-6-4-3-5-15(16)18)13-21-17(19-2)20-7-8-22-9-11-23-12-10-22;/h3-6,14H,7-13H2,1-2H3,(H2,19,20,21);1H. The van der Waals surface area contributed by atoms with Crippen LogP contribution in [0, 0.1) is 0 Å². The molecule has 1 aliphatic rings. The van der Waals surface area contributed by atoms with Crippen molar-refractivity contribution in [1.29, 1.82) is 0 Å².